The lowest BCUT2D eigenvalue weighted by atomic mass is 9.79. The summed E-state index contributed by atoms with van der Waals surface area (Å²) in [7, 11) is 0. The Balaban J connectivity index is 1.56. The van der Waals surface area contributed by atoms with Crippen molar-refractivity contribution in [2.24, 2.45) is 5.92 Å². The summed E-state index contributed by atoms with van der Waals surface area (Å²) in [5, 5.41) is 6.61. The summed E-state index contributed by atoms with van der Waals surface area (Å²) in [5.74, 6) is 0.433. The van der Waals surface area contributed by atoms with Crippen molar-refractivity contribution < 1.29 is 4.79 Å². The number of nitrogens with one attached hydrogen (secondary N) is 4. The van der Waals surface area contributed by atoms with Crippen LogP contribution in [0.3, 0.4) is 0 Å². The fraction of sp³-hybridized carbons (Fsp3) is 0.632. The van der Waals surface area contributed by atoms with E-state index < -0.39 is 0 Å². The van der Waals surface area contributed by atoms with Crippen molar-refractivity contribution in [2.75, 3.05) is 13.1 Å². The number of carbonyl (C=O) groups is 1. The SMILES string of the molecule is CC(CC(C)(C)c1ccccc1)NC(=O)C1NNC2CCNCC21. The molecule has 0 saturated carbocycles. The average Bonchev–Trinajstić information content (AvgIpc) is 2.99. The molecule has 2 fully saturated rings. The molecule has 2 aliphatic heterocycles. The van der Waals surface area contributed by atoms with Gasteiger partial charge in [-0.2, -0.15) is 0 Å². The van der Waals surface area contributed by atoms with E-state index in [4.69, 9.17) is 0 Å². The van der Waals surface area contributed by atoms with Crippen LogP contribution < -0.4 is 21.5 Å². The van der Waals surface area contributed by atoms with Gasteiger partial charge in [0.15, 0.2) is 0 Å². The minimum Gasteiger partial charge on any atom is -0.352 e. The fourth-order valence-electron chi connectivity index (χ4n) is 4.13. The molecule has 2 heterocycles. The van der Waals surface area contributed by atoms with Gasteiger partial charge in [0.2, 0.25) is 5.91 Å². The van der Waals surface area contributed by atoms with Crippen LogP contribution in [0, 0.1) is 5.92 Å². The highest BCUT2D eigenvalue weighted by Gasteiger charge is 2.41. The molecule has 1 amide bonds. The highest BCUT2D eigenvalue weighted by molar-refractivity contribution is 5.82. The minimum atomic E-state index is -0.148. The van der Waals surface area contributed by atoms with Gasteiger partial charge >= 0.3 is 0 Å². The second-order valence-corrected chi connectivity index (χ2v) is 7.89. The molecule has 2 aliphatic rings. The Hall–Kier alpha value is -1.43. The third kappa shape index (κ3) is 3.79. The first kappa shape index (κ1) is 17.4. The van der Waals surface area contributed by atoms with Crippen LogP contribution in [0.2, 0.25) is 0 Å². The Kier molecular flexibility index (Phi) is 5.23. The molecule has 3 rings (SSSR count). The Morgan fingerprint density at radius 3 is 2.79 bits per heavy atom. The summed E-state index contributed by atoms with van der Waals surface area (Å²) in [6, 6.07) is 10.9. The molecule has 2 saturated heterocycles. The molecule has 4 unspecified atom stereocenters. The molecule has 4 N–H and O–H groups in total. The van der Waals surface area contributed by atoms with E-state index in [0.29, 0.717) is 12.0 Å². The molecule has 4 atom stereocenters. The zero-order chi connectivity index (χ0) is 17.2. The monoisotopic (exact) mass is 330 g/mol. The highest BCUT2D eigenvalue weighted by Crippen LogP contribution is 2.28. The topological polar surface area (TPSA) is 65.2 Å². The predicted octanol–water partition coefficient (Wildman–Crippen LogP) is 1.31. The number of hydrogen-bond acceptors (Lipinski definition) is 4. The molecular formula is C19H30N4O. The van der Waals surface area contributed by atoms with Gasteiger partial charge in [-0.3, -0.25) is 10.2 Å². The van der Waals surface area contributed by atoms with E-state index in [0.717, 1.165) is 25.9 Å². The van der Waals surface area contributed by atoms with Crippen molar-refractivity contribution in [1.82, 2.24) is 21.5 Å². The summed E-state index contributed by atoms with van der Waals surface area (Å²) < 4.78 is 0. The van der Waals surface area contributed by atoms with Crippen molar-refractivity contribution in [2.45, 2.75) is 57.2 Å². The molecule has 1 aromatic rings. The lowest BCUT2D eigenvalue weighted by Crippen LogP contribution is -2.51. The van der Waals surface area contributed by atoms with Gasteiger partial charge in [0.1, 0.15) is 6.04 Å². The number of carbonyl (C=O) groups excluding carboxylic acids is 1. The van der Waals surface area contributed by atoms with Crippen LogP contribution in [0.4, 0.5) is 0 Å². The third-order valence-corrected chi connectivity index (χ3v) is 5.42. The number of rotatable bonds is 5. The third-order valence-electron chi connectivity index (χ3n) is 5.42. The predicted molar refractivity (Wildman–Crippen MR) is 96.5 cm³/mol. The van der Waals surface area contributed by atoms with E-state index in [1.165, 1.54) is 5.56 Å². The smallest absolute Gasteiger partial charge is 0.239 e. The first-order valence-electron chi connectivity index (χ1n) is 9.05. The number of hydrazine groups is 1. The Labute approximate surface area is 144 Å². The first-order chi connectivity index (χ1) is 11.5. The summed E-state index contributed by atoms with van der Waals surface area (Å²) >= 11 is 0. The van der Waals surface area contributed by atoms with E-state index in [9.17, 15) is 4.79 Å². The van der Waals surface area contributed by atoms with Crippen molar-refractivity contribution >= 4 is 5.91 Å². The van der Waals surface area contributed by atoms with Crippen LogP contribution in [0.5, 0.6) is 0 Å². The van der Waals surface area contributed by atoms with Crippen molar-refractivity contribution in [3.05, 3.63) is 35.9 Å². The van der Waals surface area contributed by atoms with E-state index in [1.807, 2.05) is 6.07 Å². The molecule has 24 heavy (non-hydrogen) atoms. The van der Waals surface area contributed by atoms with Crippen molar-refractivity contribution in [1.29, 1.82) is 0 Å². The Bertz CT molecular complexity index is 560. The van der Waals surface area contributed by atoms with Crippen LogP contribution in [0.25, 0.3) is 0 Å². The molecule has 0 bridgehead atoms. The highest BCUT2D eigenvalue weighted by atomic mass is 16.2. The van der Waals surface area contributed by atoms with Gasteiger partial charge in [0.25, 0.3) is 0 Å². The number of benzene rings is 1. The van der Waals surface area contributed by atoms with E-state index in [-0.39, 0.29) is 23.4 Å². The van der Waals surface area contributed by atoms with E-state index in [1.54, 1.807) is 0 Å². The van der Waals surface area contributed by atoms with Gasteiger partial charge in [-0.1, -0.05) is 44.2 Å². The largest absolute Gasteiger partial charge is 0.352 e. The quantitative estimate of drug-likeness (QED) is 0.657. The van der Waals surface area contributed by atoms with E-state index in [2.05, 4.69) is 66.5 Å². The van der Waals surface area contributed by atoms with Crippen LogP contribution in [0.15, 0.2) is 30.3 Å². The van der Waals surface area contributed by atoms with Crippen LogP contribution in [0.1, 0.15) is 39.2 Å². The maximum atomic E-state index is 12.7. The molecule has 132 valence electrons. The summed E-state index contributed by atoms with van der Waals surface area (Å²) in [5.41, 5.74) is 7.82. The fourth-order valence-corrected chi connectivity index (χ4v) is 4.13. The summed E-state index contributed by atoms with van der Waals surface area (Å²) in [6.07, 6.45) is 1.98. The maximum absolute atomic E-state index is 12.7. The van der Waals surface area contributed by atoms with Gasteiger partial charge in [-0.15, -0.1) is 0 Å². The zero-order valence-corrected chi connectivity index (χ0v) is 14.9. The number of piperidine rings is 1. The Morgan fingerprint density at radius 1 is 1.29 bits per heavy atom. The molecule has 1 aromatic carbocycles. The molecule has 0 aliphatic carbocycles. The van der Waals surface area contributed by atoms with Gasteiger partial charge in [-0.25, -0.2) is 5.43 Å². The van der Waals surface area contributed by atoms with Crippen LogP contribution in [-0.4, -0.2) is 37.1 Å². The average molecular weight is 330 g/mol. The standard InChI is InChI=1S/C19H30N4O/c1-13(11-19(2,3)14-7-5-4-6-8-14)21-18(24)17-15-12-20-10-9-16(15)22-23-17/h4-8,13,15-17,20,22-23H,9-12H2,1-3H3,(H,21,24). The maximum Gasteiger partial charge on any atom is 0.239 e. The number of amides is 1. The molecule has 0 spiro atoms. The van der Waals surface area contributed by atoms with Gasteiger partial charge in [0, 0.05) is 24.5 Å². The second kappa shape index (κ2) is 7.21. The molecule has 5 nitrogen and oxygen atoms in total. The molecule has 0 radical (unpaired) electrons. The lowest BCUT2D eigenvalue weighted by molar-refractivity contribution is -0.124. The van der Waals surface area contributed by atoms with E-state index >= 15 is 0 Å². The van der Waals surface area contributed by atoms with Gasteiger partial charge in [-0.05, 0) is 37.3 Å². The Morgan fingerprint density at radius 2 is 2.04 bits per heavy atom. The first-order valence-corrected chi connectivity index (χ1v) is 9.05. The number of fused-ring (bicyclic) bond motifs is 1. The van der Waals surface area contributed by atoms with Gasteiger partial charge in [0.05, 0.1) is 0 Å². The molecule has 0 aromatic heterocycles. The minimum absolute atomic E-state index is 0.0320. The number of hydrogen-bond donors (Lipinski definition) is 4. The summed E-state index contributed by atoms with van der Waals surface area (Å²) in [6.45, 7) is 8.49. The van der Waals surface area contributed by atoms with Crippen LogP contribution in [-0.2, 0) is 10.2 Å². The summed E-state index contributed by atoms with van der Waals surface area (Å²) in [4.78, 5) is 12.7. The molecule has 5 heteroatoms. The van der Waals surface area contributed by atoms with Crippen LogP contribution >= 0.6 is 0 Å². The lowest BCUT2D eigenvalue weighted by Gasteiger charge is -2.31. The normalized spacial score (nSPS) is 28.2. The van der Waals surface area contributed by atoms with Gasteiger partial charge < -0.3 is 10.6 Å². The zero-order valence-electron chi connectivity index (χ0n) is 14.9. The second-order valence-electron chi connectivity index (χ2n) is 7.89. The van der Waals surface area contributed by atoms with Crippen molar-refractivity contribution in [3.63, 3.8) is 0 Å². The molecular weight excluding hydrogens is 300 g/mol. The van der Waals surface area contributed by atoms with Crippen molar-refractivity contribution in [3.8, 4) is 0 Å².